The van der Waals surface area contributed by atoms with Crippen molar-refractivity contribution in [1.82, 2.24) is 25.4 Å². The standard InChI is InChI=1S/C18H27N5O/c1-4-13(3)23-17-16(11-21-23)15(9-12(2)22-17)18(24)20-8-6-14-5-7-19-10-14/h9,11,13-14,19H,4-8,10H2,1-3H3,(H,20,24). The number of rotatable bonds is 6. The third-order valence-corrected chi connectivity index (χ3v) is 4.95. The Morgan fingerprint density at radius 1 is 1.54 bits per heavy atom. The fourth-order valence-corrected chi connectivity index (χ4v) is 3.27. The minimum atomic E-state index is -0.0276. The number of amides is 1. The van der Waals surface area contributed by atoms with Crippen molar-refractivity contribution in [1.29, 1.82) is 0 Å². The van der Waals surface area contributed by atoms with Crippen LogP contribution in [0.2, 0.25) is 0 Å². The molecule has 1 amide bonds. The van der Waals surface area contributed by atoms with E-state index in [9.17, 15) is 4.79 Å². The van der Waals surface area contributed by atoms with Gasteiger partial charge in [0.2, 0.25) is 0 Å². The van der Waals surface area contributed by atoms with Crippen molar-refractivity contribution in [2.75, 3.05) is 19.6 Å². The lowest BCUT2D eigenvalue weighted by Gasteiger charge is -2.12. The van der Waals surface area contributed by atoms with Gasteiger partial charge in [-0.1, -0.05) is 6.92 Å². The van der Waals surface area contributed by atoms with Gasteiger partial charge in [0, 0.05) is 12.2 Å². The fourth-order valence-electron chi connectivity index (χ4n) is 3.27. The largest absolute Gasteiger partial charge is 0.352 e. The van der Waals surface area contributed by atoms with Crippen molar-refractivity contribution in [3.05, 3.63) is 23.5 Å². The van der Waals surface area contributed by atoms with Crippen LogP contribution in [0.25, 0.3) is 11.0 Å². The molecule has 0 aromatic carbocycles. The Morgan fingerprint density at radius 3 is 3.08 bits per heavy atom. The van der Waals surface area contributed by atoms with E-state index >= 15 is 0 Å². The van der Waals surface area contributed by atoms with Crippen molar-refractivity contribution < 1.29 is 4.79 Å². The van der Waals surface area contributed by atoms with Crippen LogP contribution in [-0.2, 0) is 0 Å². The summed E-state index contributed by atoms with van der Waals surface area (Å²) in [7, 11) is 0. The first-order valence-corrected chi connectivity index (χ1v) is 8.94. The first-order chi connectivity index (χ1) is 11.6. The molecule has 2 aromatic heterocycles. The molecule has 2 aromatic rings. The van der Waals surface area contributed by atoms with Gasteiger partial charge in [-0.3, -0.25) is 4.79 Å². The van der Waals surface area contributed by atoms with Crippen LogP contribution >= 0.6 is 0 Å². The van der Waals surface area contributed by atoms with E-state index in [0.717, 1.165) is 42.7 Å². The van der Waals surface area contributed by atoms with Crippen LogP contribution in [-0.4, -0.2) is 40.3 Å². The van der Waals surface area contributed by atoms with E-state index in [-0.39, 0.29) is 11.9 Å². The maximum absolute atomic E-state index is 12.6. The van der Waals surface area contributed by atoms with Crippen molar-refractivity contribution in [3.63, 3.8) is 0 Å². The molecule has 1 fully saturated rings. The van der Waals surface area contributed by atoms with E-state index < -0.39 is 0 Å². The lowest BCUT2D eigenvalue weighted by Crippen LogP contribution is -2.26. The topological polar surface area (TPSA) is 71.8 Å². The molecule has 0 spiro atoms. The average Bonchev–Trinajstić information content (AvgIpc) is 3.22. The minimum absolute atomic E-state index is 0.0276. The Kier molecular flexibility index (Phi) is 5.14. The van der Waals surface area contributed by atoms with Gasteiger partial charge in [-0.15, -0.1) is 0 Å². The van der Waals surface area contributed by atoms with Gasteiger partial charge in [0.15, 0.2) is 5.65 Å². The zero-order valence-electron chi connectivity index (χ0n) is 14.8. The number of hydrogen-bond acceptors (Lipinski definition) is 4. The predicted molar refractivity (Wildman–Crippen MR) is 95.2 cm³/mol. The third kappa shape index (κ3) is 3.43. The molecule has 2 unspecified atom stereocenters. The van der Waals surface area contributed by atoms with Crippen LogP contribution in [0.4, 0.5) is 0 Å². The highest BCUT2D eigenvalue weighted by molar-refractivity contribution is 6.05. The molecule has 130 valence electrons. The van der Waals surface area contributed by atoms with Crippen LogP contribution in [0.5, 0.6) is 0 Å². The van der Waals surface area contributed by atoms with E-state index in [1.807, 2.05) is 17.7 Å². The first kappa shape index (κ1) is 16.9. The summed E-state index contributed by atoms with van der Waals surface area (Å²) < 4.78 is 1.92. The number of fused-ring (bicyclic) bond motifs is 1. The number of nitrogens with zero attached hydrogens (tertiary/aromatic N) is 3. The van der Waals surface area contributed by atoms with Gasteiger partial charge < -0.3 is 10.6 Å². The molecule has 24 heavy (non-hydrogen) atoms. The van der Waals surface area contributed by atoms with Crippen molar-refractivity contribution in [2.24, 2.45) is 5.92 Å². The maximum Gasteiger partial charge on any atom is 0.252 e. The molecule has 1 aliphatic heterocycles. The first-order valence-electron chi connectivity index (χ1n) is 8.94. The number of hydrogen-bond donors (Lipinski definition) is 2. The molecule has 3 heterocycles. The number of carbonyl (C=O) groups excluding carboxylic acids is 1. The van der Waals surface area contributed by atoms with Crippen LogP contribution in [0.1, 0.15) is 55.2 Å². The quantitative estimate of drug-likeness (QED) is 0.854. The molecule has 1 aliphatic rings. The minimum Gasteiger partial charge on any atom is -0.352 e. The molecule has 0 bridgehead atoms. The van der Waals surface area contributed by atoms with E-state index in [1.165, 1.54) is 6.42 Å². The lowest BCUT2D eigenvalue weighted by molar-refractivity contribution is 0.0953. The van der Waals surface area contributed by atoms with Gasteiger partial charge in [0.1, 0.15) is 0 Å². The summed E-state index contributed by atoms with van der Waals surface area (Å²) in [5, 5.41) is 11.7. The van der Waals surface area contributed by atoms with E-state index in [2.05, 4.69) is 34.6 Å². The smallest absolute Gasteiger partial charge is 0.252 e. The van der Waals surface area contributed by atoms with Gasteiger partial charge >= 0.3 is 0 Å². The molecule has 0 radical (unpaired) electrons. The summed E-state index contributed by atoms with van der Waals surface area (Å²) in [6.07, 6.45) is 4.97. The molecular weight excluding hydrogens is 302 g/mol. The Balaban J connectivity index is 1.77. The second kappa shape index (κ2) is 7.30. The van der Waals surface area contributed by atoms with Crippen LogP contribution in [0.15, 0.2) is 12.3 Å². The fraction of sp³-hybridized carbons (Fsp3) is 0.611. The van der Waals surface area contributed by atoms with Gasteiger partial charge in [-0.2, -0.15) is 5.10 Å². The molecule has 0 aliphatic carbocycles. The summed E-state index contributed by atoms with van der Waals surface area (Å²) in [5.41, 5.74) is 2.32. The van der Waals surface area contributed by atoms with E-state index in [0.29, 0.717) is 18.0 Å². The maximum atomic E-state index is 12.6. The average molecular weight is 329 g/mol. The Hall–Kier alpha value is -1.95. The SMILES string of the molecule is CCC(C)n1ncc2c(C(=O)NCCC3CCNC3)cc(C)nc21. The summed E-state index contributed by atoms with van der Waals surface area (Å²) in [6, 6.07) is 2.12. The molecule has 6 nitrogen and oxygen atoms in total. The summed E-state index contributed by atoms with van der Waals surface area (Å²) >= 11 is 0. The van der Waals surface area contributed by atoms with Crippen molar-refractivity contribution in [3.8, 4) is 0 Å². The van der Waals surface area contributed by atoms with Crippen LogP contribution in [0.3, 0.4) is 0 Å². The molecule has 3 rings (SSSR count). The van der Waals surface area contributed by atoms with Gasteiger partial charge in [0.05, 0.1) is 23.2 Å². The summed E-state index contributed by atoms with van der Waals surface area (Å²) in [5.74, 6) is 0.651. The third-order valence-electron chi connectivity index (χ3n) is 4.95. The van der Waals surface area contributed by atoms with Gasteiger partial charge in [0.25, 0.3) is 5.91 Å². The second-order valence-electron chi connectivity index (χ2n) is 6.80. The number of aryl methyl sites for hydroxylation is 1. The molecule has 1 saturated heterocycles. The zero-order valence-corrected chi connectivity index (χ0v) is 14.8. The number of nitrogens with one attached hydrogen (secondary N) is 2. The van der Waals surface area contributed by atoms with Crippen molar-refractivity contribution >= 4 is 16.9 Å². The van der Waals surface area contributed by atoms with Crippen LogP contribution < -0.4 is 10.6 Å². The van der Waals surface area contributed by atoms with Gasteiger partial charge in [-0.05, 0) is 58.2 Å². The summed E-state index contributed by atoms with van der Waals surface area (Å²) in [6.45, 7) is 9.04. The monoisotopic (exact) mass is 329 g/mol. The highest BCUT2D eigenvalue weighted by atomic mass is 16.1. The Bertz CT molecular complexity index is 718. The lowest BCUT2D eigenvalue weighted by atomic mass is 10.1. The predicted octanol–water partition coefficient (Wildman–Crippen LogP) is 2.44. The van der Waals surface area contributed by atoms with Gasteiger partial charge in [-0.25, -0.2) is 9.67 Å². The summed E-state index contributed by atoms with van der Waals surface area (Å²) in [4.78, 5) is 17.2. The molecule has 0 saturated carbocycles. The molecule has 6 heteroatoms. The normalized spacial score (nSPS) is 18.9. The number of pyridine rings is 1. The molecular formula is C18H27N5O. The Morgan fingerprint density at radius 2 is 2.38 bits per heavy atom. The Labute approximate surface area is 143 Å². The van der Waals surface area contributed by atoms with E-state index in [1.54, 1.807) is 6.20 Å². The second-order valence-corrected chi connectivity index (χ2v) is 6.80. The number of aromatic nitrogens is 3. The number of carbonyl (C=O) groups is 1. The highest BCUT2D eigenvalue weighted by Crippen LogP contribution is 2.22. The molecule has 2 N–H and O–H groups in total. The highest BCUT2D eigenvalue weighted by Gasteiger charge is 2.18. The van der Waals surface area contributed by atoms with E-state index in [4.69, 9.17) is 0 Å². The van der Waals surface area contributed by atoms with Crippen LogP contribution in [0, 0.1) is 12.8 Å². The molecule has 2 atom stereocenters. The van der Waals surface area contributed by atoms with Crippen molar-refractivity contribution in [2.45, 2.75) is 46.1 Å². The zero-order chi connectivity index (χ0) is 17.1.